The Morgan fingerprint density at radius 1 is 0.912 bits per heavy atom. The van der Waals surface area contributed by atoms with Crippen LogP contribution in [0.2, 0.25) is 0 Å². The molecule has 0 saturated carbocycles. The summed E-state index contributed by atoms with van der Waals surface area (Å²) >= 11 is 0. The first-order chi connectivity index (χ1) is 16.7. The molecule has 8 heteroatoms. The van der Waals surface area contributed by atoms with Crippen LogP contribution in [-0.4, -0.2) is 31.5 Å². The van der Waals surface area contributed by atoms with E-state index in [2.05, 4.69) is 30.9 Å². The third kappa shape index (κ3) is 5.24. The zero-order valence-corrected chi connectivity index (χ0v) is 18.3. The van der Waals surface area contributed by atoms with E-state index in [1.54, 1.807) is 0 Å². The molecule has 1 amide bonds. The van der Waals surface area contributed by atoms with Gasteiger partial charge in [-0.15, -0.1) is 10.2 Å². The summed E-state index contributed by atoms with van der Waals surface area (Å²) in [5.41, 5.74) is 4.36. The Kier molecular flexibility index (Phi) is 6.20. The van der Waals surface area contributed by atoms with E-state index in [1.807, 2.05) is 84.9 Å². The van der Waals surface area contributed by atoms with Crippen LogP contribution in [0.1, 0.15) is 22.6 Å². The predicted molar refractivity (Wildman–Crippen MR) is 128 cm³/mol. The first kappa shape index (κ1) is 21.3. The second kappa shape index (κ2) is 9.91. The van der Waals surface area contributed by atoms with E-state index in [-0.39, 0.29) is 12.3 Å². The van der Waals surface area contributed by atoms with Crippen molar-refractivity contribution in [2.24, 2.45) is 0 Å². The second-order valence-electron chi connectivity index (χ2n) is 7.81. The second-order valence-corrected chi connectivity index (χ2v) is 7.81. The maximum Gasteiger partial charge on any atom is 0.228 e. The molecule has 0 spiro atoms. The molecule has 2 aromatic heterocycles. The SMILES string of the molecule is O=C(Cc1ccc(OCc2ccc3ccccc3n2)cc1)Nc1ccccc1Cc1nn[nH]n1. The van der Waals surface area contributed by atoms with Crippen LogP contribution in [-0.2, 0) is 24.2 Å². The van der Waals surface area contributed by atoms with Gasteiger partial charge < -0.3 is 10.1 Å². The number of carbonyl (C=O) groups excluding carboxylic acids is 1. The number of ether oxygens (including phenoxy) is 1. The highest BCUT2D eigenvalue weighted by Crippen LogP contribution is 2.19. The van der Waals surface area contributed by atoms with Crippen LogP contribution in [0.4, 0.5) is 5.69 Å². The van der Waals surface area contributed by atoms with Gasteiger partial charge in [-0.05, 0) is 41.5 Å². The van der Waals surface area contributed by atoms with E-state index < -0.39 is 0 Å². The fourth-order valence-corrected chi connectivity index (χ4v) is 3.65. The van der Waals surface area contributed by atoms with E-state index in [0.29, 0.717) is 18.9 Å². The molecule has 168 valence electrons. The third-order valence-corrected chi connectivity index (χ3v) is 5.36. The number of aromatic amines is 1. The summed E-state index contributed by atoms with van der Waals surface area (Å²) in [5, 5.41) is 18.1. The number of pyridine rings is 1. The molecule has 34 heavy (non-hydrogen) atoms. The molecule has 3 aromatic carbocycles. The molecule has 2 N–H and O–H groups in total. The normalized spacial score (nSPS) is 10.8. The van der Waals surface area contributed by atoms with Gasteiger partial charge in [0.1, 0.15) is 12.4 Å². The first-order valence-corrected chi connectivity index (χ1v) is 10.9. The number of benzene rings is 3. The van der Waals surface area contributed by atoms with Crippen LogP contribution in [0.25, 0.3) is 10.9 Å². The van der Waals surface area contributed by atoms with Crippen molar-refractivity contribution < 1.29 is 9.53 Å². The summed E-state index contributed by atoms with van der Waals surface area (Å²) in [6.07, 6.45) is 0.730. The molecule has 0 aliphatic rings. The average Bonchev–Trinajstić information content (AvgIpc) is 3.38. The van der Waals surface area contributed by atoms with Gasteiger partial charge in [-0.1, -0.05) is 59.8 Å². The van der Waals surface area contributed by atoms with E-state index in [4.69, 9.17) is 4.74 Å². The summed E-state index contributed by atoms with van der Waals surface area (Å²) in [5.74, 6) is 1.19. The van der Waals surface area contributed by atoms with Gasteiger partial charge in [0.25, 0.3) is 0 Å². The Balaban J connectivity index is 1.17. The van der Waals surface area contributed by atoms with Crippen molar-refractivity contribution in [3.05, 3.63) is 108 Å². The lowest BCUT2D eigenvalue weighted by Crippen LogP contribution is -2.15. The maximum absolute atomic E-state index is 12.6. The highest BCUT2D eigenvalue weighted by molar-refractivity contribution is 5.93. The lowest BCUT2D eigenvalue weighted by molar-refractivity contribution is -0.115. The number of hydrogen-bond acceptors (Lipinski definition) is 6. The van der Waals surface area contributed by atoms with Gasteiger partial charge in [0.05, 0.1) is 17.6 Å². The number of hydrogen-bond donors (Lipinski definition) is 2. The molecule has 2 heterocycles. The van der Waals surface area contributed by atoms with Gasteiger partial charge in [0, 0.05) is 17.5 Å². The van der Waals surface area contributed by atoms with Crippen molar-refractivity contribution >= 4 is 22.5 Å². The lowest BCUT2D eigenvalue weighted by atomic mass is 10.1. The Labute approximate surface area is 196 Å². The van der Waals surface area contributed by atoms with Crippen molar-refractivity contribution in [2.75, 3.05) is 5.32 Å². The quantitative estimate of drug-likeness (QED) is 0.369. The van der Waals surface area contributed by atoms with Gasteiger partial charge in [-0.2, -0.15) is 5.21 Å². The first-order valence-electron chi connectivity index (χ1n) is 10.9. The number of nitrogens with one attached hydrogen (secondary N) is 2. The van der Waals surface area contributed by atoms with Gasteiger partial charge >= 0.3 is 0 Å². The number of anilines is 1. The number of rotatable bonds is 8. The van der Waals surface area contributed by atoms with E-state index >= 15 is 0 Å². The minimum atomic E-state index is -0.102. The zero-order chi connectivity index (χ0) is 23.2. The predicted octanol–water partition coefficient (Wildman–Crippen LogP) is 4.10. The van der Waals surface area contributed by atoms with Crippen LogP contribution in [0, 0.1) is 0 Å². The Bertz CT molecular complexity index is 1400. The van der Waals surface area contributed by atoms with Crippen molar-refractivity contribution in [3.63, 3.8) is 0 Å². The van der Waals surface area contributed by atoms with E-state index in [9.17, 15) is 4.79 Å². The number of amides is 1. The average molecular weight is 451 g/mol. The van der Waals surface area contributed by atoms with Gasteiger partial charge in [-0.25, -0.2) is 4.98 Å². The summed E-state index contributed by atoms with van der Waals surface area (Å²) in [4.78, 5) is 17.3. The molecule has 0 bridgehead atoms. The zero-order valence-electron chi connectivity index (χ0n) is 18.3. The summed E-state index contributed by atoms with van der Waals surface area (Å²) in [7, 11) is 0. The van der Waals surface area contributed by atoms with E-state index in [0.717, 1.165) is 39.2 Å². The number of H-pyrrole nitrogens is 1. The number of carbonyl (C=O) groups is 1. The van der Waals surface area contributed by atoms with Crippen molar-refractivity contribution in [1.82, 2.24) is 25.6 Å². The number of nitrogens with zero attached hydrogens (tertiary/aromatic N) is 4. The lowest BCUT2D eigenvalue weighted by Gasteiger charge is -2.11. The number of aromatic nitrogens is 5. The largest absolute Gasteiger partial charge is 0.487 e. The standard InChI is InChI=1S/C26H22N6O2/c33-26(28-24-8-4-2-6-20(24)16-25-29-31-32-30-25)15-18-9-13-22(14-10-18)34-17-21-12-11-19-5-1-3-7-23(19)27-21/h1-14H,15-17H2,(H,28,33)(H,29,30,31,32). The molecule has 8 nitrogen and oxygen atoms in total. The monoisotopic (exact) mass is 450 g/mol. The highest BCUT2D eigenvalue weighted by atomic mass is 16.5. The van der Waals surface area contributed by atoms with Crippen LogP contribution in [0.5, 0.6) is 5.75 Å². The molecule has 0 atom stereocenters. The van der Waals surface area contributed by atoms with E-state index in [1.165, 1.54) is 0 Å². The Morgan fingerprint density at radius 2 is 1.74 bits per heavy atom. The van der Waals surface area contributed by atoms with Gasteiger partial charge in [0.15, 0.2) is 5.82 Å². The molecular formula is C26H22N6O2. The number of fused-ring (bicyclic) bond motifs is 1. The minimum absolute atomic E-state index is 0.102. The Hall–Kier alpha value is -4.59. The highest BCUT2D eigenvalue weighted by Gasteiger charge is 2.10. The van der Waals surface area contributed by atoms with Crippen molar-refractivity contribution in [2.45, 2.75) is 19.4 Å². The summed E-state index contributed by atoms with van der Waals surface area (Å²) < 4.78 is 5.88. The molecule has 5 rings (SSSR count). The fraction of sp³-hybridized carbons (Fsp3) is 0.115. The molecule has 0 saturated heterocycles. The van der Waals surface area contributed by atoms with Gasteiger partial charge in [0.2, 0.25) is 5.91 Å². The molecule has 5 aromatic rings. The Morgan fingerprint density at radius 3 is 2.59 bits per heavy atom. The van der Waals surface area contributed by atoms with Crippen LogP contribution >= 0.6 is 0 Å². The van der Waals surface area contributed by atoms with Crippen LogP contribution in [0.15, 0.2) is 84.9 Å². The molecule has 0 fully saturated rings. The topological polar surface area (TPSA) is 106 Å². The smallest absolute Gasteiger partial charge is 0.228 e. The van der Waals surface area contributed by atoms with Crippen molar-refractivity contribution in [3.8, 4) is 5.75 Å². The van der Waals surface area contributed by atoms with Crippen LogP contribution in [0.3, 0.4) is 0 Å². The number of tetrazole rings is 1. The third-order valence-electron chi connectivity index (χ3n) is 5.36. The van der Waals surface area contributed by atoms with Crippen molar-refractivity contribution in [1.29, 1.82) is 0 Å². The summed E-state index contributed by atoms with van der Waals surface area (Å²) in [6, 6.07) is 27.1. The minimum Gasteiger partial charge on any atom is -0.487 e. The maximum atomic E-state index is 12.6. The number of para-hydroxylation sites is 2. The molecule has 0 unspecified atom stereocenters. The molecule has 0 radical (unpaired) electrons. The molecular weight excluding hydrogens is 428 g/mol. The van der Waals surface area contributed by atoms with Gasteiger partial charge in [-0.3, -0.25) is 4.79 Å². The fourth-order valence-electron chi connectivity index (χ4n) is 3.65. The molecule has 0 aliphatic heterocycles. The summed E-state index contributed by atoms with van der Waals surface area (Å²) in [6.45, 7) is 0.377. The van der Waals surface area contributed by atoms with Crippen LogP contribution < -0.4 is 10.1 Å². The molecule has 0 aliphatic carbocycles.